The Labute approximate surface area is 289 Å². The van der Waals surface area contributed by atoms with Crippen LogP contribution in [0.25, 0.3) is 0 Å². The molecule has 2 N–H and O–H groups in total. The first kappa shape index (κ1) is 37.5. The van der Waals surface area contributed by atoms with E-state index in [1.807, 2.05) is 13.8 Å². The van der Waals surface area contributed by atoms with E-state index >= 15 is 0 Å². The molecule has 2 spiro atoms. The number of alkyl halides is 4. The molecule has 50 heavy (non-hydrogen) atoms. The van der Waals surface area contributed by atoms with Crippen molar-refractivity contribution in [1.82, 2.24) is 9.80 Å². The number of hydrogen-bond acceptors (Lipinski definition) is 8. The van der Waals surface area contributed by atoms with Crippen molar-refractivity contribution in [3.05, 3.63) is 59.7 Å². The van der Waals surface area contributed by atoms with Crippen LogP contribution in [0.4, 0.5) is 27.2 Å². The molecule has 10 nitrogen and oxygen atoms in total. The van der Waals surface area contributed by atoms with Crippen molar-refractivity contribution in [1.29, 1.82) is 0 Å². The summed E-state index contributed by atoms with van der Waals surface area (Å²) in [7, 11) is 0. The lowest BCUT2D eigenvalue weighted by Gasteiger charge is -2.45. The van der Waals surface area contributed by atoms with Crippen molar-refractivity contribution in [2.24, 2.45) is 0 Å². The summed E-state index contributed by atoms with van der Waals surface area (Å²) in [5, 5.41) is 19.3. The van der Waals surface area contributed by atoms with Gasteiger partial charge in [-0.2, -0.15) is 17.6 Å². The van der Waals surface area contributed by atoms with Crippen LogP contribution in [0.5, 0.6) is 11.5 Å². The smallest absolute Gasteiger partial charge is 0.410 e. The monoisotopic (exact) mass is 710 g/mol. The first-order valence-corrected chi connectivity index (χ1v) is 17.2. The molecule has 0 unspecified atom stereocenters. The maximum Gasteiger partial charge on any atom is 0.410 e. The van der Waals surface area contributed by atoms with Crippen molar-refractivity contribution in [3.63, 3.8) is 0 Å². The number of carbonyl (C=O) groups is 2. The van der Waals surface area contributed by atoms with E-state index in [-0.39, 0.29) is 48.0 Å². The number of hydrogen-bond donors (Lipinski definition) is 2. The van der Waals surface area contributed by atoms with Crippen molar-refractivity contribution in [3.8, 4) is 11.5 Å². The maximum atomic E-state index is 12.5. The second kappa shape index (κ2) is 16.1. The number of carbonyl (C=O) groups excluding carboxylic acids is 2. The van der Waals surface area contributed by atoms with Gasteiger partial charge in [-0.15, -0.1) is 0 Å². The minimum Gasteiger partial charge on any atom is -0.443 e. The molecule has 0 aromatic heterocycles. The highest BCUT2D eigenvalue weighted by Gasteiger charge is 2.45. The molecule has 14 heteroatoms. The largest absolute Gasteiger partial charge is 0.443 e. The quantitative estimate of drug-likeness (QED) is 0.268. The van der Waals surface area contributed by atoms with Crippen LogP contribution in [-0.2, 0) is 9.47 Å². The van der Waals surface area contributed by atoms with E-state index in [2.05, 4.69) is 9.47 Å². The lowest BCUT2D eigenvalue weighted by molar-refractivity contribution is -0.0911. The predicted molar refractivity (Wildman–Crippen MR) is 173 cm³/mol. The van der Waals surface area contributed by atoms with E-state index < -0.39 is 24.4 Å². The molecule has 4 fully saturated rings. The highest BCUT2D eigenvalue weighted by atomic mass is 19.3. The number of halogens is 4. The highest BCUT2D eigenvalue weighted by molar-refractivity contribution is 5.70. The molecule has 2 amide bonds. The highest BCUT2D eigenvalue weighted by Crippen LogP contribution is 2.41. The Morgan fingerprint density at radius 3 is 1.22 bits per heavy atom. The van der Waals surface area contributed by atoms with Crippen LogP contribution in [0.15, 0.2) is 48.5 Å². The standard InChI is InChI=1S/2C18H23F2NO4/c2*1-12(13-2-4-15(5-3-13)24-16(19)20)21-11-10-18(25-17(21)23)8-6-14(22)7-9-18/h2*2-5,12,14,16,22H,6-11H2,1H3/t2*12-,14?,18?/m00/s1. The lowest BCUT2D eigenvalue weighted by atomic mass is 9.80. The fourth-order valence-corrected chi connectivity index (χ4v) is 7.30. The summed E-state index contributed by atoms with van der Waals surface area (Å²) in [5.74, 6) is 0.179. The van der Waals surface area contributed by atoms with Gasteiger partial charge >= 0.3 is 25.4 Å². The number of amides is 2. The van der Waals surface area contributed by atoms with Gasteiger partial charge in [0.25, 0.3) is 0 Å². The summed E-state index contributed by atoms with van der Waals surface area (Å²) < 4.78 is 69.0. The van der Waals surface area contributed by atoms with Crippen LogP contribution >= 0.6 is 0 Å². The maximum absolute atomic E-state index is 12.5. The first-order valence-electron chi connectivity index (χ1n) is 17.2. The number of rotatable bonds is 8. The zero-order chi connectivity index (χ0) is 36.1. The Morgan fingerprint density at radius 2 is 0.940 bits per heavy atom. The van der Waals surface area contributed by atoms with Crippen molar-refractivity contribution in [2.45, 2.75) is 127 Å². The zero-order valence-electron chi connectivity index (χ0n) is 28.3. The minimum absolute atomic E-state index is 0.0897. The third kappa shape index (κ3) is 9.30. The average molecular weight is 711 g/mol. The van der Waals surface area contributed by atoms with Gasteiger partial charge in [0.05, 0.1) is 24.3 Å². The third-order valence-electron chi connectivity index (χ3n) is 10.5. The molecule has 2 saturated carbocycles. The molecule has 0 radical (unpaired) electrons. The summed E-state index contributed by atoms with van der Waals surface area (Å²) in [6, 6.07) is 12.1. The van der Waals surface area contributed by atoms with Gasteiger partial charge in [-0.25, -0.2) is 9.59 Å². The van der Waals surface area contributed by atoms with Crippen LogP contribution in [0.1, 0.15) is 101 Å². The van der Waals surface area contributed by atoms with Crippen LogP contribution in [0.3, 0.4) is 0 Å². The van der Waals surface area contributed by atoms with Crippen LogP contribution in [0, 0.1) is 0 Å². The molecule has 2 saturated heterocycles. The van der Waals surface area contributed by atoms with Gasteiger partial charge in [0, 0.05) is 25.9 Å². The van der Waals surface area contributed by atoms with E-state index in [1.165, 1.54) is 24.3 Å². The molecule has 2 aromatic rings. The van der Waals surface area contributed by atoms with Gasteiger partial charge in [-0.05, 0) is 101 Å². The molecular formula is C36H46F4N2O8. The molecule has 2 heterocycles. The van der Waals surface area contributed by atoms with Gasteiger partial charge in [-0.1, -0.05) is 24.3 Å². The Morgan fingerprint density at radius 1 is 0.620 bits per heavy atom. The number of ether oxygens (including phenoxy) is 4. The van der Waals surface area contributed by atoms with Crippen LogP contribution < -0.4 is 9.47 Å². The van der Waals surface area contributed by atoms with Crippen molar-refractivity contribution >= 4 is 12.2 Å². The van der Waals surface area contributed by atoms with Crippen LogP contribution in [0.2, 0.25) is 0 Å². The predicted octanol–water partition coefficient (Wildman–Crippen LogP) is 7.73. The fraction of sp³-hybridized carbons (Fsp3) is 0.611. The van der Waals surface area contributed by atoms with Crippen molar-refractivity contribution in [2.75, 3.05) is 13.1 Å². The normalized spacial score (nSPS) is 28.1. The molecule has 4 aliphatic rings. The Hall–Kier alpha value is -3.78. The summed E-state index contributed by atoms with van der Waals surface area (Å²) in [6.07, 6.45) is 5.60. The van der Waals surface area contributed by atoms with Crippen LogP contribution in [-0.4, -0.2) is 81.9 Å². The lowest BCUT2D eigenvalue weighted by Crippen LogP contribution is -2.52. The van der Waals surface area contributed by atoms with E-state index in [0.717, 1.165) is 24.0 Å². The van der Waals surface area contributed by atoms with Gasteiger partial charge in [0.1, 0.15) is 22.7 Å². The molecule has 6 rings (SSSR count). The van der Waals surface area contributed by atoms with Gasteiger partial charge in [-0.3, -0.25) is 0 Å². The van der Waals surface area contributed by atoms with Gasteiger partial charge in [0.2, 0.25) is 0 Å². The van der Waals surface area contributed by atoms with E-state index in [9.17, 15) is 37.4 Å². The summed E-state index contributed by atoms with van der Waals surface area (Å²) >= 11 is 0. The molecule has 276 valence electrons. The summed E-state index contributed by atoms with van der Waals surface area (Å²) in [4.78, 5) is 28.3. The Balaban J connectivity index is 0.000000194. The van der Waals surface area contributed by atoms with Gasteiger partial charge < -0.3 is 39.0 Å². The van der Waals surface area contributed by atoms with Gasteiger partial charge in [0.15, 0.2) is 0 Å². The zero-order valence-corrected chi connectivity index (χ0v) is 28.3. The first-order chi connectivity index (χ1) is 23.8. The molecule has 2 aliphatic heterocycles. The minimum atomic E-state index is -2.86. The summed E-state index contributed by atoms with van der Waals surface area (Å²) in [5.41, 5.74) is 0.769. The van der Waals surface area contributed by atoms with E-state index in [4.69, 9.17) is 9.47 Å². The number of aliphatic hydroxyl groups excluding tert-OH is 2. The number of nitrogens with zero attached hydrogens (tertiary/aromatic N) is 2. The van der Waals surface area contributed by atoms with E-state index in [0.29, 0.717) is 64.5 Å². The molecule has 2 aliphatic carbocycles. The molecular weight excluding hydrogens is 664 g/mol. The molecule has 2 aromatic carbocycles. The SMILES string of the molecule is C[C@@H](c1ccc(OC(F)F)cc1)N1CCC2(CCC(O)CC2)OC1=O.C[C@@H](c1ccc(OC(F)F)cc1)N1CCC2(CCC(O)CC2)OC1=O. The van der Waals surface area contributed by atoms with Crippen molar-refractivity contribution < 1.29 is 56.3 Å². The second-order valence-corrected chi connectivity index (χ2v) is 13.7. The van der Waals surface area contributed by atoms with E-state index in [1.54, 1.807) is 34.1 Å². The fourth-order valence-electron chi connectivity index (χ4n) is 7.30. The molecule has 0 bridgehead atoms. The second-order valence-electron chi connectivity index (χ2n) is 13.7. The average Bonchev–Trinajstić information content (AvgIpc) is 3.08. The number of benzene rings is 2. The Bertz CT molecular complexity index is 1310. The Kier molecular flexibility index (Phi) is 12.0. The number of aliphatic hydroxyl groups is 2. The summed E-state index contributed by atoms with van der Waals surface area (Å²) in [6.45, 7) is -0.799. The molecule has 2 atom stereocenters. The third-order valence-corrected chi connectivity index (χ3v) is 10.5. The topological polar surface area (TPSA) is 118 Å².